The van der Waals surface area contributed by atoms with Crippen LogP contribution in [0.25, 0.3) is 0 Å². The van der Waals surface area contributed by atoms with Crippen LogP contribution in [0, 0.1) is 0 Å². The fourth-order valence-electron chi connectivity index (χ4n) is 2.25. The monoisotopic (exact) mass is 283 g/mol. The first kappa shape index (κ1) is 16.3. The normalized spacial score (nSPS) is 12.4. The van der Waals surface area contributed by atoms with Gasteiger partial charge in [0.2, 0.25) is 0 Å². The minimum atomic E-state index is 0.507. The summed E-state index contributed by atoms with van der Waals surface area (Å²) in [5.41, 5.74) is 1.19. The molecular formula is C16H26ClNO. The maximum Gasteiger partial charge on any atom is 0.122 e. The third kappa shape index (κ3) is 5.84. The van der Waals surface area contributed by atoms with E-state index >= 15 is 0 Å². The van der Waals surface area contributed by atoms with Crippen molar-refractivity contribution in [3.63, 3.8) is 0 Å². The molecule has 1 aromatic rings. The molecule has 0 aliphatic carbocycles. The Balaban J connectivity index is 2.72. The molecule has 0 saturated carbocycles. The molecule has 3 heteroatoms. The van der Waals surface area contributed by atoms with Gasteiger partial charge in [-0.1, -0.05) is 38.3 Å². The van der Waals surface area contributed by atoms with Crippen molar-refractivity contribution in [3.8, 4) is 5.75 Å². The molecule has 0 aromatic heterocycles. The number of halogens is 1. The predicted octanol–water partition coefficient (Wildman–Crippen LogP) is 4.45. The zero-order valence-corrected chi connectivity index (χ0v) is 13.1. The fraction of sp³-hybridized carbons (Fsp3) is 0.625. The van der Waals surface area contributed by atoms with E-state index in [0.717, 1.165) is 30.2 Å². The van der Waals surface area contributed by atoms with Crippen molar-refractivity contribution < 1.29 is 4.74 Å². The largest absolute Gasteiger partial charge is 0.496 e. The van der Waals surface area contributed by atoms with Crippen LogP contribution in [0.5, 0.6) is 5.75 Å². The van der Waals surface area contributed by atoms with E-state index in [0.29, 0.717) is 6.04 Å². The molecule has 0 aliphatic rings. The zero-order chi connectivity index (χ0) is 14.1. The molecule has 1 rings (SSSR count). The van der Waals surface area contributed by atoms with Crippen LogP contribution in [0.3, 0.4) is 0 Å². The topological polar surface area (TPSA) is 21.3 Å². The van der Waals surface area contributed by atoms with Crippen molar-refractivity contribution in [1.29, 1.82) is 0 Å². The molecule has 0 saturated heterocycles. The average Bonchev–Trinajstić information content (AvgIpc) is 2.42. The molecule has 19 heavy (non-hydrogen) atoms. The van der Waals surface area contributed by atoms with Gasteiger partial charge in [-0.25, -0.2) is 0 Å². The Morgan fingerprint density at radius 3 is 2.68 bits per heavy atom. The van der Waals surface area contributed by atoms with E-state index in [1.54, 1.807) is 7.11 Å². The van der Waals surface area contributed by atoms with Gasteiger partial charge in [0.15, 0.2) is 0 Å². The SMILES string of the molecule is CCCCC(Cc1cc(Cl)ccc1OC)NCCC. The van der Waals surface area contributed by atoms with E-state index in [2.05, 4.69) is 19.2 Å². The average molecular weight is 284 g/mol. The van der Waals surface area contributed by atoms with Crippen molar-refractivity contribution in [2.24, 2.45) is 0 Å². The van der Waals surface area contributed by atoms with Gasteiger partial charge in [0.25, 0.3) is 0 Å². The molecule has 1 unspecified atom stereocenters. The van der Waals surface area contributed by atoms with Gasteiger partial charge in [0, 0.05) is 11.1 Å². The number of hydrogen-bond donors (Lipinski definition) is 1. The van der Waals surface area contributed by atoms with Crippen LogP contribution in [-0.2, 0) is 6.42 Å². The summed E-state index contributed by atoms with van der Waals surface area (Å²) in [5.74, 6) is 0.934. The summed E-state index contributed by atoms with van der Waals surface area (Å²) in [4.78, 5) is 0. The van der Waals surface area contributed by atoms with Gasteiger partial charge in [0.05, 0.1) is 7.11 Å². The smallest absolute Gasteiger partial charge is 0.122 e. The summed E-state index contributed by atoms with van der Waals surface area (Å²) >= 11 is 6.09. The van der Waals surface area contributed by atoms with E-state index in [1.807, 2.05) is 18.2 Å². The van der Waals surface area contributed by atoms with Crippen LogP contribution >= 0.6 is 11.6 Å². The molecule has 1 atom stereocenters. The number of benzene rings is 1. The third-order valence-corrected chi connectivity index (χ3v) is 3.53. The van der Waals surface area contributed by atoms with Crippen molar-refractivity contribution >= 4 is 11.6 Å². The Kier molecular flexibility index (Phi) is 7.92. The standard InChI is InChI=1S/C16H26ClNO/c1-4-6-7-15(18-10-5-2)12-13-11-14(17)8-9-16(13)19-3/h8-9,11,15,18H,4-7,10,12H2,1-3H3. The summed E-state index contributed by atoms with van der Waals surface area (Å²) in [6.45, 7) is 5.50. The Labute approximate surface area is 122 Å². The van der Waals surface area contributed by atoms with Crippen LogP contribution in [0.15, 0.2) is 18.2 Å². The van der Waals surface area contributed by atoms with Gasteiger partial charge in [-0.2, -0.15) is 0 Å². The van der Waals surface area contributed by atoms with Crippen molar-refractivity contribution in [3.05, 3.63) is 28.8 Å². The van der Waals surface area contributed by atoms with Crippen molar-refractivity contribution in [1.82, 2.24) is 5.32 Å². The second-order valence-electron chi connectivity index (χ2n) is 4.95. The minimum absolute atomic E-state index is 0.507. The molecule has 0 radical (unpaired) electrons. The summed E-state index contributed by atoms with van der Waals surface area (Å²) in [6.07, 6.45) is 5.83. The first-order chi connectivity index (χ1) is 9.21. The van der Waals surface area contributed by atoms with Gasteiger partial charge in [-0.15, -0.1) is 0 Å². The summed E-state index contributed by atoms with van der Waals surface area (Å²) in [6, 6.07) is 6.36. The second-order valence-corrected chi connectivity index (χ2v) is 5.39. The molecule has 0 heterocycles. The van der Waals surface area contributed by atoms with Crippen LogP contribution in [0.2, 0.25) is 5.02 Å². The van der Waals surface area contributed by atoms with E-state index in [9.17, 15) is 0 Å². The Morgan fingerprint density at radius 2 is 2.05 bits per heavy atom. The molecule has 0 spiro atoms. The van der Waals surface area contributed by atoms with E-state index in [1.165, 1.54) is 24.8 Å². The van der Waals surface area contributed by atoms with Crippen LogP contribution in [0.1, 0.15) is 45.1 Å². The highest BCUT2D eigenvalue weighted by Gasteiger charge is 2.12. The molecule has 0 bridgehead atoms. The lowest BCUT2D eigenvalue weighted by Crippen LogP contribution is -2.31. The lowest BCUT2D eigenvalue weighted by atomic mass is 10.00. The summed E-state index contributed by atoms with van der Waals surface area (Å²) in [7, 11) is 1.72. The minimum Gasteiger partial charge on any atom is -0.496 e. The molecule has 108 valence electrons. The number of ether oxygens (including phenoxy) is 1. The van der Waals surface area contributed by atoms with Gasteiger partial charge in [-0.3, -0.25) is 0 Å². The van der Waals surface area contributed by atoms with Crippen molar-refractivity contribution in [2.75, 3.05) is 13.7 Å². The van der Waals surface area contributed by atoms with Crippen LogP contribution in [0.4, 0.5) is 0 Å². The number of unbranched alkanes of at least 4 members (excludes halogenated alkanes) is 1. The number of nitrogens with one attached hydrogen (secondary N) is 1. The predicted molar refractivity (Wildman–Crippen MR) is 83.3 cm³/mol. The van der Waals surface area contributed by atoms with Gasteiger partial charge in [0.1, 0.15) is 5.75 Å². The van der Waals surface area contributed by atoms with Gasteiger partial charge >= 0.3 is 0 Å². The molecule has 0 amide bonds. The maximum atomic E-state index is 6.09. The third-order valence-electron chi connectivity index (χ3n) is 3.30. The molecule has 0 fully saturated rings. The molecule has 1 N–H and O–H groups in total. The van der Waals surface area contributed by atoms with Gasteiger partial charge < -0.3 is 10.1 Å². The Morgan fingerprint density at radius 1 is 1.26 bits per heavy atom. The first-order valence-electron chi connectivity index (χ1n) is 7.27. The summed E-state index contributed by atoms with van der Waals surface area (Å²) in [5, 5.41) is 4.40. The number of methoxy groups -OCH3 is 1. The van der Waals surface area contributed by atoms with Crippen molar-refractivity contribution in [2.45, 2.75) is 52.0 Å². The summed E-state index contributed by atoms with van der Waals surface area (Å²) < 4.78 is 5.42. The van der Waals surface area contributed by atoms with E-state index in [4.69, 9.17) is 16.3 Å². The van der Waals surface area contributed by atoms with E-state index in [-0.39, 0.29) is 0 Å². The highest BCUT2D eigenvalue weighted by molar-refractivity contribution is 6.30. The van der Waals surface area contributed by atoms with Crippen LogP contribution < -0.4 is 10.1 Å². The zero-order valence-electron chi connectivity index (χ0n) is 12.3. The lowest BCUT2D eigenvalue weighted by Gasteiger charge is -2.20. The number of hydrogen-bond acceptors (Lipinski definition) is 2. The fourth-order valence-corrected chi connectivity index (χ4v) is 2.44. The highest BCUT2D eigenvalue weighted by Crippen LogP contribution is 2.24. The first-order valence-corrected chi connectivity index (χ1v) is 7.64. The Hall–Kier alpha value is -0.730. The molecule has 2 nitrogen and oxygen atoms in total. The lowest BCUT2D eigenvalue weighted by molar-refractivity contribution is 0.400. The Bertz CT molecular complexity index is 360. The molecular weight excluding hydrogens is 258 g/mol. The maximum absolute atomic E-state index is 6.09. The molecule has 0 aliphatic heterocycles. The quantitative estimate of drug-likeness (QED) is 0.723. The highest BCUT2D eigenvalue weighted by atomic mass is 35.5. The van der Waals surface area contributed by atoms with Gasteiger partial charge in [-0.05, 0) is 49.6 Å². The number of rotatable bonds is 9. The second kappa shape index (κ2) is 9.22. The van der Waals surface area contributed by atoms with E-state index < -0.39 is 0 Å². The molecule has 1 aromatic carbocycles. The van der Waals surface area contributed by atoms with Crippen LogP contribution in [-0.4, -0.2) is 19.7 Å².